The van der Waals surface area contributed by atoms with Gasteiger partial charge in [0.15, 0.2) is 17.3 Å². The van der Waals surface area contributed by atoms with E-state index in [-0.39, 0.29) is 5.56 Å². The fourth-order valence-electron chi connectivity index (χ4n) is 3.91. The van der Waals surface area contributed by atoms with Crippen molar-refractivity contribution in [3.63, 3.8) is 0 Å². The first kappa shape index (κ1) is 19.3. The van der Waals surface area contributed by atoms with E-state index >= 15 is 0 Å². The van der Waals surface area contributed by atoms with Crippen LogP contribution in [0.5, 0.6) is 17.2 Å². The van der Waals surface area contributed by atoms with Gasteiger partial charge in [0.1, 0.15) is 5.75 Å². The van der Waals surface area contributed by atoms with Gasteiger partial charge >= 0.3 is 0 Å². The third-order valence-corrected chi connectivity index (χ3v) is 5.57. The van der Waals surface area contributed by atoms with Crippen molar-refractivity contribution >= 4 is 16.7 Å². The maximum Gasteiger partial charge on any atom is 0.266 e. The highest BCUT2D eigenvalue weighted by Crippen LogP contribution is 2.33. The average Bonchev–Trinajstić information content (AvgIpc) is 3.16. The first-order valence-corrected chi connectivity index (χ1v) is 10.5. The number of benzene rings is 2. The Morgan fingerprint density at radius 2 is 1.91 bits per heavy atom. The molecule has 0 spiro atoms. The van der Waals surface area contributed by atoms with E-state index in [0.717, 1.165) is 12.0 Å². The third-order valence-electron chi connectivity index (χ3n) is 5.57. The lowest BCUT2D eigenvalue weighted by molar-refractivity contribution is 0.297. The molecular formula is C24H19N5O4. The Hall–Kier alpha value is -4.40. The second kappa shape index (κ2) is 7.63. The number of methoxy groups -OCH3 is 1. The largest absolute Gasteiger partial charge is 0.497 e. The summed E-state index contributed by atoms with van der Waals surface area (Å²) in [5.74, 6) is 2.94. The standard InChI is InChI=1S/C24H19N5O4/c1-31-17-5-2-4-16(13-17)28-9-8-19-18(23(28)30)14-25-24-26-22(27-29(19)24)15-6-7-20-21(12-15)33-11-3-10-32-20/h2,4-9,12-14H,3,10-11H2,1H3. The molecule has 0 saturated heterocycles. The van der Waals surface area contributed by atoms with Gasteiger partial charge in [-0.15, -0.1) is 5.10 Å². The number of aromatic nitrogens is 5. The molecule has 0 saturated carbocycles. The van der Waals surface area contributed by atoms with Crippen LogP contribution in [-0.2, 0) is 0 Å². The normalized spacial score (nSPS) is 13.2. The number of hydrogen-bond acceptors (Lipinski definition) is 7. The molecule has 4 heterocycles. The minimum absolute atomic E-state index is 0.206. The monoisotopic (exact) mass is 441 g/mol. The Labute approximate surface area is 187 Å². The quantitative estimate of drug-likeness (QED) is 0.424. The summed E-state index contributed by atoms with van der Waals surface area (Å²) in [4.78, 5) is 22.2. The van der Waals surface area contributed by atoms with Crippen LogP contribution < -0.4 is 19.8 Å². The number of pyridine rings is 1. The molecule has 3 aromatic heterocycles. The summed E-state index contributed by atoms with van der Waals surface area (Å²) >= 11 is 0. The Bertz CT molecular complexity index is 1570. The van der Waals surface area contributed by atoms with Crippen molar-refractivity contribution in [1.29, 1.82) is 0 Å². The lowest BCUT2D eigenvalue weighted by Crippen LogP contribution is -2.18. The van der Waals surface area contributed by atoms with Crippen LogP contribution in [0.2, 0.25) is 0 Å². The number of hydrogen-bond donors (Lipinski definition) is 0. The van der Waals surface area contributed by atoms with Crippen LogP contribution in [0.4, 0.5) is 0 Å². The van der Waals surface area contributed by atoms with E-state index in [0.29, 0.717) is 58.7 Å². The molecular weight excluding hydrogens is 422 g/mol. The Morgan fingerprint density at radius 3 is 2.79 bits per heavy atom. The summed E-state index contributed by atoms with van der Waals surface area (Å²) < 4.78 is 19.9. The van der Waals surface area contributed by atoms with Gasteiger partial charge < -0.3 is 14.2 Å². The highest BCUT2D eigenvalue weighted by Gasteiger charge is 2.16. The number of fused-ring (bicyclic) bond motifs is 4. The van der Waals surface area contributed by atoms with Gasteiger partial charge in [-0.25, -0.2) is 4.98 Å². The van der Waals surface area contributed by atoms with Crippen LogP contribution >= 0.6 is 0 Å². The average molecular weight is 441 g/mol. The smallest absolute Gasteiger partial charge is 0.266 e. The van der Waals surface area contributed by atoms with Crippen LogP contribution in [0, 0.1) is 0 Å². The van der Waals surface area contributed by atoms with Gasteiger partial charge in [0.2, 0.25) is 0 Å². The SMILES string of the molecule is COc1cccc(-n2ccc3c(cnc4nc(-c5ccc6c(c5)OCCCO6)nn43)c2=O)c1. The van der Waals surface area contributed by atoms with Crippen LogP contribution in [-0.4, -0.2) is 44.5 Å². The molecule has 0 radical (unpaired) electrons. The fraction of sp³-hybridized carbons (Fsp3) is 0.167. The fourth-order valence-corrected chi connectivity index (χ4v) is 3.91. The molecule has 6 rings (SSSR count). The molecule has 0 bridgehead atoms. The molecule has 9 nitrogen and oxygen atoms in total. The summed E-state index contributed by atoms with van der Waals surface area (Å²) in [6.07, 6.45) is 4.09. The molecule has 33 heavy (non-hydrogen) atoms. The van der Waals surface area contributed by atoms with Gasteiger partial charge in [-0.2, -0.15) is 9.50 Å². The van der Waals surface area contributed by atoms with E-state index < -0.39 is 0 Å². The van der Waals surface area contributed by atoms with E-state index in [1.54, 1.807) is 28.5 Å². The Morgan fingerprint density at radius 1 is 1.03 bits per heavy atom. The molecule has 0 aliphatic carbocycles. The number of rotatable bonds is 3. The molecule has 164 valence electrons. The molecule has 1 aliphatic rings. The maximum absolute atomic E-state index is 13.2. The third kappa shape index (κ3) is 3.25. The van der Waals surface area contributed by atoms with E-state index in [1.165, 1.54) is 6.20 Å². The van der Waals surface area contributed by atoms with Crippen molar-refractivity contribution in [2.75, 3.05) is 20.3 Å². The van der Waals surface area contributed by atoms with Gasteiger partial charge in [-0.3, -0.25) is 9.36 Å². The summed E-state index contributed by atoms with van der Waals surface area (Å²) in [5.41, 5.74) is 1.90. The van der Waals surface area contributed by atoms with E-state index in [1.807, 2.05) is 42.5 Å². The zero-order chi connectivity index (χ0) is 22.4. The van der Waals surface area contributed by atoms with Crippen molar-refractivity contribution in [2.45, 2.75) is 6.42 Å². The molecule has 1 aliphatic heterocycles. The first-order valence-electron chi connectivity index (χ1n) is 10.5. The number of ether oxygens (including phenoxy) is 3. The van der Waals surface area contributed by atoms with Crippen LogP contribution in [0.1, 0.15) is 6.42 Å². The minimum Gasteiger partial charge on any atom is -0.497 e. The topological polar surface area (TPSA) is 92.8 Å². The van der Waals surface area contributed by atoms with Crippen molar-refractivity contribution in [3.8, 4) is 34.3 Å². The van der Waals surface area contributed by atoms with Gasteiger partial charge in [0.05, 0.1) is 36.9 Å². The molecule has 9 heteroatoms. The zero-order valence-electron chi connectivity index (χ0n) is 17.8. The Kier molecular flexibility index (Phi) is 4.46. The second-order valence-electron chi connectivity index (χ2n) is 7.61. The van der Waals surface area contributed by atoms with Crippen LogP contribution in [0.3, 0.4) is 0 Å². The molecule has 0 fully saturated rings. The van der Waals surface area contributed by atoms with Gasteiger partial charge in [0, 0.05) is 30.4 Å². The molecule has 0 unspecified atom stereocenters. The number of nitrogens with zero attached hydrogens (tertiary/aromatic N) is 5. The predicted octanol–water partition coefficient (Wildman–Crippen LogP) is 3.27. The maximum atomic E-state index is 13.2. The van der Waals surface area contributed by atoms with Crippen molar-refractivity contribution < 1.29 is 14.2 Å². The van der Waals surface area contributed by atoms with Crippen LogP contribution in [0.15, 0.2) is 65.7 Å². The lowest BCUT2D eigenvalue weighted by Gasteiger charge is -2.09. The highest BCUT2D eigenvalue weighted by molar-refractivity contribution is 5.79. The molecule has 0 N–H and O–H groups in total. The summed E-state index contributed by atoms with van der Waals surface area (Å²) in [6, 6.07) is 14.8. The van der Waals surface area contributed by atoms with E-state index in [4.69, 9.17) is 14.2 Å². The van der Waals surface area contributed by atoms with Crippen molar-refractivity contribution in [2.24, 2.45) is 0 Å². The second-order valence-corrected chi connectivity index (χ2v) is 7.61. The van der Waals surface area contributed by atoms with Gasteiger partial charge in [-0.1, -0.05) is 6.07 Å². The minimum atomic E-state index is -0.206. The highest BCUT2D eigenvalue weighted by atomic mass is 16.5. The van der Waals surface area contributed by atoms with Gasteiger partial charge in [0.25, 0.3) is 11.3 Å². The molecule has 0 amide bonds. The lowest BCUT2D eigenvalue weighted by atomic mass is 10.2. The first-order chi connectivity index (χ1) is 16.2. The van der Waals surface area contributed by atoms with Crippen molar-refractivity contribution in [1.82, 2.24) is 24.1 Å². The molecule has 5 aromatic rings. The molecule has 0 atom stereocenters. The zero-order valence-corrected chi connectivity index (χ0v) is 17.8. The molecule has 2 aromatic carbocycles. The van der Waals surface area contributed by atoms with E-state index in [9.17, 15) is 4.79 Å². The summed E-state index contributed by atoms with van der Waals surface area (Å²) in [6.45, 7) is 1.23. The van der Waals surface area contributed by atoms with Crippen LogP contribution in [0.25, 0.3) is 33.8 Å². The summed E-state index contributed by atoms with van der Waals surface area (Å²) in [5, 5.41) is 5.07. The van der Waals surface area contributed by atoms with Gasteiger partial charge in [-0.05, 0) is 36.4 Å². The van der Waals surface area contributed by atoms with Crippen molar-refractivity contribution in [3.05, 3.63) is 71.3 Å². The predicted molar refractivity (Wildman–Crippen MR) is 121 cm³/mol. The Balaban J connectivity index is 1.47. The van der Waals surface area contributed by atoms with E-state index in [2.05, 4.69) is 15.1 Å². The summed E-state index contributed by atoms with van der Waals surface area (Å²) in [7, 11) is 1.59.